The Labute approximate surface area is 123 Å². The number of hydrogen-bond donors (Lipinski definition) is 1. The smallest absolute Gasteiger partial charge is 0.157 e. The fourth-order valence-corrected chi connectivity index (χ4v) is 2.28. The van der Waals surface area contributed by atoms with Gasteiger partial charge < -0.3 is 10.1 Å². The molecule has 0 aliphatic heterocycles. The van der Waals surface area contributed by atoms with Crippen LogP contribution in [0.5, 0.6) is 0 Å². The van der Waals surface area contributed by atoms with Crippen molar-refractivity contribution in [1.82, 2.24) is 15.3 Å². The number of hydrogen-bond acceptors (Lipinski definition) is 4. The molecule has 0 aromatic carbocycles. The lowest BCUT2D eigenvalue weighted by atomic mass is 10.1. The summed E-state index contributed by atoms with van der Waals surface area (Å²) in [5.74, 6) is 1.19. The molecule has 1 N–H and O–H groups in total. The second-order valence-electron chi connectivity index (χ2n) is 5.53. The minimum atomic E-state index is -0.0185. The van der Waals surface area contributed by atoms with Crippen LogP contribution in [0.25, 0.3) is 0 Å². The highest BCUT2D eigenvalue weighted by molar-refractivity contribution is 5.24. The second-order valence-corrected chi connectivity index (χ2v) is 5.53. The summed E-state index contributed by atoms with van der Waals surface area (Å²) in [7, 11) is 0. The van der Waals surface area contributed by atoms with Crippen molar-refractivity contribution < 1.29 is 4.74 Å². The topological polar surface area (TPSA) is 47.0 Å². The van der Waals surface area contributed by atoms with Crippen LogP contribution in [0.1, 0.15) is 63.0 Å². The van der Waals surface area contributed by atoms with E-state index in [2.05, 4.69) is 49.9 Å². The van der Waals surface area contributed by atoms with Crippen molar-refractivity contribution >= 4 is 0 Å². The van der Waals surface area contributed by atoms with Gasteiger partial charge in [0.1, 0.15) is 6.10 Å². The van der Waals surface area contributed by atoms with E-state index in [4.69, 9.17) is 4.74 Å². The van der Waals surface area contributed by atoms with E-state index in [0.29, 0.717) is 12.5 Å². The second kappa shape index (κ2) is 8.32. The molecule has 0 saturated carbocycles. The van der Waals surface area contributed by atoms with Gasteiger partial charge in [-0.05, 0) is 39.7 Å². The molecule has 4 heteroatoms. The van der Waals surface area contributed by atoms with E-state index in [1.165, 1.54) is 5.56 Å². The minimum Gasteiger partial charge on any atom is -0.370 e. The van der Waals surface area contributed by atoms with Crippen molar-refractivity contribution in [3.05, 3.63) is 22.8 Å². The van der Waals surface area contributed by atoms with Gasteiger partial charge in [0.05, 0.1) is 0 Å². The van der Waals surface area contributed by atoms with Crippen LogP contribution in [0, 0.1) is 19.8 Å². The molecule has 0 bridgehead atoms. The van der Waals surface area contributed by atoms with Crippen LogP contribution >= 0.6 is 0 Å². The summed E-state index contributed by atoms with van der Waals surface area (Å²) in [5, 5.41) is 3.42. The average molecular weight is 279 g/mol. The molecule has 1 unspecified atom stereocenters. The van der Waals surface area contributed by atoms with Gasteiger partial charge in [-0.2, -0.15) is 0 Å². The SMILES string of the molecule is CCCNCc1c(C)nc(C(OCC)C(C)C)nc1C. The van der Waals surface area contributed by atoms with E-state index in [9.17, 15) is 0 Å². The average Bonchev–Trinajstić information content (AvgIpc) is 2.38. The molecular weight excluding hydrogens is 250 g/mol. The Morgan fingerprint density at radius 3 is 2.15 bits per heavy atom. The molecule has 0 spiro atoms. The molecule has 0 fully saturated rings. The lowest BCUT2D eigenvalue weighted by Gasteiger charge is -2.21. The molecule has 0 aliphatic rings. The fraction of sp³-hybridized carbons (Fsp3) is 0.750. The summed E-state index contributed by atoms with van der Waals surface area (Å²) >= 11 is 0. The van der Waals surface area contributed by atoms with Crippen molar-refractivity contribution in [1.29, 1.82) is 0 Å². The molecule has 1 aromatic rings. The van der Waals surface area contributed by atoms with Gasteiger partial charge in [0, 0.05) is 30.1 Å². The number of aromatic nitrogens is 2. The van der Waals surface area contributed by atoms with Gasteiger partial charge in [-0.3, -0.25) is 0 Å². The molecular formula is C16H29N3O. The van der Waals surface area contributed by atoms with Crippen LogP contribution in [0.2, 0.25) is 0 Å². The van der Waals surface area contributed by atoms with E-state index >= 15 is 0 Å². The van der Waals surface area contributed by atoms with Gasteiger partial charge in [-0.15, -0.1) is 0 Å². The highest BCUT2D eigenvalue weighted by Crippen LogP contribution is 2.24. The van der Waals surface area contributed by atoms with Crippen molar-refractivity contribution in [2.75, 3.05) is 13.2 Å². The maximum atomic E-state index is 5.80. The first-order chi connectivity index (χ1) is 9.51. The maximum absolute atomic E-state index is 5.80. The molecule has 4 nitrogen and oxygen atoms in total. The van der Waals surface area contributed by atoms with Gasteiger partial charge in [-0.25, -0.2) is 9.97 Å². The van der Waals surface area contributed by atoms with Crippen molar-refractivity contribution in [3.63, 3.8) is 0 Å². The molecule has 1 heterocycles. The Morgan fingerprint density at radius 1 is 1.10 bits per heavy atom. The lowest BCUT2D eigenvalue weighted by Crippen LogP contribution is -2.20. The van der Waals surface area contributed by atoms with Crippen LogP contribution in [0.15, 0.2) is 0 Å². The van der Waals surface area contributed by atoms with E-state index in [1.54, 1.807) is 0 Å². The van der Waals surface area contributed by atoms with Gasteiger partial charge in [0.25, 0.3) is 0 Å². The highest BCUT2D eigenvalue weighted by Gasteiger charge is 2.21. The zero-order chi connectivity index (χ0) is 15.1. The Bertz CT molecular complexity index is 395. The molecule has 114 valence electrons. The molecule has 0 aliphatic carbocycles. The van der Waals surface area contributed by atoms with E-state index in [0.717, 1.165) is 36.7 Å². The fourth-order valence-electron chi connectivity index (χ4n) is 2.28. The maximum Gasteiger partial charge on any atom is 0.157 e. The summed E-state index contributed by atoms with van der Waals surface area (Å²) in [4.78, 5) is 9.35. The standard InChI is InChI=1S/C16H29N3O/c1-7-9-17-10-14-12(5)18-16(19-13(14)6)15(11(3)4)20-8-2/h11,15,17H,7-10H2,1-6H3. The zero-order valence-corrected chi connectivity index (χ0v) is 13.8. The molecule has 0 saturated heterocycles. The summed E-state index contributed by atoms with van der Waals surface area (Å²) in [5.41, 5.74) is 3.32. The first kappa shape index (κ1) is 17.1. The quantitative estimate of drug-likeness (QED) is 0.742. The Balaban J connectivity index is 2.96. The Kier molecular flexibility index (Phi) is 7.10. The third-order valence-corrected chi connectivity index (χ3v) is 3.37. The predicted molar refractivity (Wildman–Crippen MR) is 82.7 cm³/mol. The van der Waals surface area contributed by atoms with Crippen LogP contribution < -0.4 is 5.32 Å². The third kappa shape index (κ3) is 4.53. The number of rotatable bonds is 8. The number of nitrogens with one attached hydrogen (secondary N) is 1. The first-order valence-corrected chi connectivity index (χ1v) is 7.67. The Morgan fingerprint density at radius 2 is 1.70 bits per heavy atom. The van der Waals surface area contributed by atoms with E-state index in [-0.39, 0.29) is 6.10 Å². The van der Waals surface area contributed by atoms with Crippen LogP contribution in [-0.4, -0.2) is 23.1 Å². The third-order valence-electron chi connectivity index (χ3n) is 3.37. The monoisotopic (exact) mass is 279 g/mol. The highest BCUT2D eigenvalue weighted by atomic mass is 16.5. The predicted octanol–water partition coefficient (Wildman–Crippen LogP) is 3.33. The zero-order valence-electron chi connectivity index (χ0n) is 13.8. The number of nitrogens with zero attached hydrogens (tertiary/aromatic N) is 2. The summed E-state index contributed by atoms with van der Waals surface area (Å²) in [6, 6.07) is 0. The lowest BCUT2D eigenvalue weighted by molar-refractivity contribution is 0.0229. The Hall–Kier alpha value is -1.00. The van der Waals surface area contributed by atoms with Crippen LogP contribution in [0.4, 0.5) is 0 Å². The van der Waals surface area contributed by atoms with Gasteiger partial charge >= 0.3 is 0 Å². The van der Waals surface area contributed by atoms with E-state index < -0.39 is 0 Å². The van der Waals surface area contributed by atoms with Crippen molar-refractivity contribution in [2.24, 2.45) is 5.92 Å². The number of aryl methyl sites for hydroxylation is 2. The van der Waals surface area contributed by atoms with Gasteiger partial charge in [0.15, 0.2) is 5.82 Å². The van der Waals surface area contributed by atoms with Crippen molar-refractivity contribution in [3.8, 4) is 0 Å². The normalized spacial score (nSPS) is 12.9. The van der Waals surface area contributed by atoms with Gasteiger partial charge in [-0.1, -0.05) is 20.8 Å². The van der Waals surface area contributed by atoms with E-state index in [1.807, 2.05) is 6.92 Å². The number of ether oxygens (including phenoxy) is 1. The largest absolute Gasteiger partial charge is 0.370 e. The van der Waals surface area contributed by atoms with Crippen LogP contribution in [-0.2, 0) is 11.3 Å². The molecule has 20 heavy (non-hydrogen) atoms. The molecule has 0 radical (unpaired) electrons. The minimum absolute atomic E-state index is 0.0185. The molecule has 1 aromatic heterocycles. The van der Waals surface area contributed by atoms with Crippen molar-refractivity contribution in [2.45, 2.75) is 60.6 Å². The summed E-state index contributed by atoms with van der Waals surface area (Å²) < 4.78 is 5.80. The molecule has 1 atom stereocenters. The van der Waals surface area contributed by atoms with Gasteiger partial charge in [0.2, 0.25) is 0 Å². The summed E-state index contributed by atoms with van der Waals surface area (Å²) in [6.07, 6.45) is 1.12. The molecule has 0 amide bonds. The molecule has 1 rings (SSSR count). The van der Waals surface area contributed by atoms with Crippen LogP contribution in [0.3, 0.4) is 0 Å². The first-order valence-electron chi connectivity index (χ1n) is 7.67. The summed E-state index contributed by atoms with van der Waals surface area (Å²) in [6.45, 7) is 15.1.